The van der Waals surface area contributed by atoms with Gasteiger partial charge < -0.3 is 4.90 Å². The van der Waals surface area contributed by atoms with E-state index in [4.69, 9.17) is 0 Å². The Bertz CT molecular complexity index is 555. The number of likely N-dealkylation sites (tertiary alicyclic amines) is 1. The number of hydrogen-bond donors (Lipinski definition) is 0. The van der Waals surface area contributed by atoms with E-state index in [1.54, 1.807) is 11.0 Å². The molecule has 0 aliphatic carbocycles. The van der Waals surface area contributed by atoms with Gasteiger partial charge in [-0.25, -0.2) is 0 Å². The lowest BCUT2D eigenvalue weighted by molar-refractivity contribution is -0.128. The van der Waals surface area contributed by atoms with Crippen LogP contribution in [0.4, 0.5) is 0 Å². The molecule has 0 radical (unpaired) electrons. The summed E-state index contributed by atoms with van der Waals surface area (Å²) in [7, 11) is 0. The Morgan fingerprint density at radius 3 is 2.00 bits per heavy atom. The molecule has 1 saturated heterocycles. The summed E-state index contributed by atoms with van der Waals surface area (Å²) in [6, 6.07) is 9.53. The lowest BCUT2D eigenvalue weighted by Crippen LogP contribution is -2.28. The van der Waals surface area contributed by atoms with E-state index in [9.17, 15) is 14.4 Å². The fourth-order valence-electron chi connectivity index (χ4n) is 2.64. The highest BCUT2D eigenvalue weighted by molar-refractivity contribution is 5.95. The molecule has 1 fully saturated rings. The van der Waals surface area contributed by atoms with E-state index in [-0.39, 0.29) is 29.3 Å². The molecule has 1 aromatic rings. The Kier molecular flexibility index (Phi) is 4.68. The summed E-state index contributed by atoms with van der Waals surface area (Å²) in [4.78, 5) is 37.0. The molecule has 0 N–H and O–H groups in total. The van der Waals surface area contributed by atoms with Crippen LogP contribution in [0, 0.1) is 11.8 Å². The quantitative estimate of drug-likeness (QED) is 0.795. The zero-order valence-corrected chi connectivity index (χ0v) is 12.3. The normalized spacial score (nSPS) is 21.7. The standard InChI is InChI=1S/C17H19NO3/c1-12(19)15-10-18(11-16(15)13(2)20)17(21)9-8-14-6-4-3-5-7-14/h3-9,15-16H,10-11H2,1-2H3/b9-8+/t15-,16-/m1/s1. The van der Waals surface area contributed by atoms with E-state index in [1.165, 1.54) is 19.9 Å². The van der Waals surface area contributed by atoms with E-state index >= 15 is 0 Å². The zero-order valence-electron chi connectivity index (χ0n) is 12.3. The van der Waals surface area contributed by atoms with Crippen molar-refractivity contribution in [1.82, 2.24) is 4.90 Å². The van der Waals surface area contributed by atoms with Crippen LogP contribution in [-0.2, 0) is 14.4 Å². The van der Waals surface area contributed by atoms with Crippen molar-refractivity contribution in [3.8, 4) is 0 Å². The third-order valence-corrected chi connectivity index (χ3v) is 3.89. The third kappa shape index (κ3) is 3.66. The summed E-state index contributed by atoms with van der Waals surface area (Å²) < 4.78 is 0. The first-order valence-corrected chi connectivity index (χ1v) is 7.02. The molecule has 0 bridgehead atoms. The lowest BCUT2D eigenvalue weighted by atomic mass is 9.90. The molecule has 110 valence electrons. The van der Waals surface area contributed by atoms with Crippen LogP contribution in [0.3, 0.4) is 0 Å². The van der Waals surface area contributed by atoms with Crippen molar-refractivity contribution in [2.45, 2.75) is 13.8 Å². The first-order chi connectivity index (χ1) is 9.99. The molecule has 2 atom stereocenters. The average molecular weight is 285 g/mol. The topological polar surface area (TPSA) is 54.5 Å². The highest BCUT2D eigenvalue weighted by Crippen LogP contribution is 2.25. The van der Waals surface area contributed by atoms with Gasteiger partial charge in [0.1, 0.15) is 11.6 Å². The minimum absolute atomic E-state index is 0.0301. The molecule has 0 saturated carbocycles. The number of carbonyl (C=O) groups is 3. The second-order valence-electron chi connectivity index (χ2n) is 5.42. The minimum atomic E-state index is -0.364. The number of ketones is 2. The second-order valence-corrected chi connectivity index (χ2v) is 5.42. The summed E-state index contributed by atoms with van der Waals surface area (Å²) in [6.07, 6.45) is 3.24. The summed E-state index contributed by atoms with van der Waals surface area (Å²) in [5.41, 5.74) is 0.941. The molecular formula is C17H19NO3. The zero-order chi connectivity index (χ0) is 15.4. The molecule has 1 aliphatic rings. The van der Waals surface area contributed by atoms with Gasteiger partial charge in [-0.3, -0.25) is 14.4 Å². The number of benzene rings is 1. The minimum Gasteiger partial charge on any atom is -0.338 e. The number of rotatable bonds is 4. The van der Waals surface area contributed by atoms with Gasteiger partial charge in [0.15, 0.2) is 0 Å². The van der Waals surface area contributed by atoms with Gasteiger partial charge in [0.05, 0.1) is 0 Å². The molecule has 1 amide bonds. The number of hydrogen-bond acceptors (Lipinski definition) is 3. The van der Waals surface area contributed by atoms with Crippen molar-refractivity contribution in [3.05, 3.63) is 42.0 Å². The van der Waals surface area contributed by atoms with Crippen LogP contribution in [0.1, 0.15) is 19.4 Å². The van der Waals surface area contributed by atoms with Crippen molar-refractivity contribution >= 4 is 23.5 Å². The van der Waals surface area contributed by atoms with E-state index in [2.05, 4.69) is 0 Å². The average Bonchev–Trinajstić information content (AvgIpc) is 2.91. The molecular weight excluding hydrogens is 266 g/mol. The van der Waals surface area contributed by atoms with Crippen molar-refractivity contribution < 1.29 is 14.4 Å². The van der Waals surface area contributed by atoms with Gasteiger partial charge in [-0.05, 0) is 25.5 Å². The van der Waals surface area contributed by atoms with E-state index in [0.29, 0.717) is 13.1 Å². The molecule has 1 aliphatic heterocycles. The number of nitrogens with zero attached hydrogens (tertiary/aromatic N) is 1. The largest absolute Gasteiger partial charge is 0.338 e. The number of amides is 1. The SMILES string of the molecule is CC(=O)[C@H]1CN(C(=O)/C=C/c2ccccc2)C[C@@H]1C(C)=O. The summed E-state index contributed by atoms with van der Waals surface area (Å²) in [5, 5.41) is 0. The van der Waals surface area contributed by atoms with Gasteiger partial charge in [-0.2, -0.15) is 0 Å². The molecule has 4 nitrogen and oxygen atoms in total. The van der Waals surface area contributed by atoms with Crippen LogP contribution >= 0.6 is 0 Å². The maximum absolute atomic E-state index is 12.2. The van der Waals surface area contributed by atoms with Gasteiger partial charge in [0.25, 0.3) is 0 Å². The molecule has 2 rings (SSSR count). The van der Waals surface area contributed by atoms with Crippen LogP contribution in [0.5, 0.6) is 0 Å². The van der Waals surface area contributed by atoms with Gasteiger partial charge in [-0.15, -0.1) is 0 Å². The van der Waals surface area contributed by atoms with Crippen LogP contribution in [0.15, 0.2) is 36.4 Å². The third-order valence-electron chi connectivity index (χ3n) is 3.89. The molecule has 0 aromatic heterocycles. The number of Topliss-reactive ketones (excluding diaryl/α,β-unsaturated/α-hetero) is 2. The molecule has 0 unspecified atom stereocenters. The number of carbonyl (C=O) groups excluding carboxylic acids is 3. The highest BCUT2D eigenvalue weighted by atomic mass is 16.2. The van der Waals surface area contributed by atoms with E-state index in [1.807, 2.05) is 30.3 Å². The Hall–Kier alpha value is -2.23. The summed E-state index contributed by atoms with van der Waals surface area (Å²) in [6.45, 7) is 3.62. The van der Waals surface area contributed by atoms with Crippen molar-refractivity contribution in [1.29, 1.82) is 0 Å². The monoisotopic (exact) mass is 285 g/mol. The van der Waals surface area contributed by atoms with Crippen LogP contribution in [-0.4, -0.2) is 35.5 Å². The summed E-state index contributed by atoms with van der Waals surface area (Å²) >= 11 is 0. The van der Waals surface area contributed by atoms with Gasteiger partial charge in [0, 0.05) is 31.0 Å². The summed E-state index contributed by atoms with van der Waals surface area (Å²) in [5.74, 6) is -0.947. The first-order valence-electron chi connectivity index (χ1n) is 7.02. The van der Waals surface area contributed by atoms with Crippen LogP contribution in [0.2, 0.25) is 0 Å². The maximum Gasteiger partial charge on any atom is 0.246 e. The molecule has 4 heteroatoms. The second kappa shape index (κ2) is 6.48. The Labute approximate surface area is 124 Å². The van der Waals surface area contributed by atoms with Crippen molar-refractivity contribution in [3.63, 3.8) is 0 Å². The fraction of sp³-hybridized carbons (Fsp3) is 0.353. The smallest absolute Gasteiger partial charge is 0.246 e. The Balaban J connectivity index is 2.05. The van der Waals surface area contributed by atoms with Crippen molar-refractivity contribution in [2.75, 3.05) is 13.1 Å². The van der Waals surface area contributed by atoms with E-state index in [0.717, 1.165) is 5.56 Å². The fourth-order valence-corrected chi connectivity index (χ4v) is 2.64. The van der Waals surface area contributed by atoms with Gasteiger partial charge >= 0.3 is 0 Å². The predicted molar refractivity (Wildman–Crippen MR) is 80.4 cm³/mol. The van der Waals surface area contributed by atoms with Crippen LogP contribution < -0.4 is 0 Å². The highest BCUT2D eigenvalue weighted by Gasteiger charge is 2.39. The van der Waals surface area contributed by atoms with Crippen LogP contribution in [0.25, 0.3) is 6.08 Å². The lowest BCUT2D eigenvalue weighted by Gasteiger charge is -2.13. The molecule has 21 heavy (non-hydrogen) atoms. The maximum atomic E-state index is 12.2. The first kappa shape index (κ1) is 15.2. The Morgan fingerprint density at radius 2 is 1.52 bits per heavy atom. The van der Waals surface area contributed by atoms with Crippen molar-refractivity contribution in [2.24, 2.45) is 11.8 Å². The van der Waals surface area contributed by atoms with Gasteiger partial charge in [0.2, 0.25) is 5.91 Å². The molecule has 1 heterocycles. The molecule has 0 spiro atoms. The van der Waals surface area contributed by atoms with E-state index < -0.39 is 0 Å². The predicted octanol–water partition coefficient (Wildman–Crippen LogP) is 1.95. The Morgan fingerprint density at radius 1 is 1.00 bits per heavy atom. The molecule has 1 aromatic carbocycles. The van der Waals surface area contributed by atoms with Gasteiger partial charge in [-0.1, -0.05) is 30.3 Å².